The third-order valence-corrected chi connectivity index (χ3v) is 1.70. The highest BCUT2D eigenvalue weighted by Crippen LogP contribution is 2.05. The fraction of sp³-hybridized carbons (Fsp3) is 0.667. The average molecular weight is 168 g/mol. The second-order valence-corrected chi connectivity index (χ2v) is 2.87. The first-order valence-electron chi connectivity index (χ1n) is 4.50. The third kappa shape index (κ3) is 2.66. The highest BCUT2D eigenvalue weighted by molar-refractivity contribution is 4.96. The number of oxazole rings is 1. The maximum atomic E-state index is 5.37. The van der Waals surface area contributed by atoms with E-state index >= 15 is 0 Å². The lowest BCUT2D eigenvalue weighted by atomic mass is 10.3. The van der Waals surface area contributed by atoms with E-state index < -0.39 is 0 Å². The fourth-order valence-corrected chi connectivity index (χ4v) is 1.09. The van der Waals surface area contributed by atoms with Crippen LogP contribution in [0.25, 0.3) is 0 Å². The summed E-state index contributed by atoms with van der Waals surface area (Å²) in [7, 11) is 0. The van der Waals surface area contributed by atoms with E-state index in [0.717, 1.165) is 37.3 Å². The van der Waals surface area contributed by atoms with Crippen LogP contribution in [0.5, 0.6) is 0 Å². The van der Waals surface area contributed by atoms with Gasteiger partial charge in [-0.15, -0.1) is 0 Å². The van der Waals surface area contributed by atoms with E-state index in [1.54, 1.807) is 6.26 Å². The molecule has 1 aromatic rings. The Morgan fingerprint density at radius 1 is 1.50 bits per heavy atom. The number of hydrogen-bond donors (Lipinski definition) is 1. The summed E-state index contributed by atoms with van der Waals surface area (Å²) in [4.78, 5) is 4.32. The summed E-state index contributed by atoms with van der Waals surface area (Å²) in [6.45, 7) is 2.83. The SMILES string of the molecule is CCCc1coc(CCCN)n1. The Hall–Kier alpha value is -0.830. The topological polar surface area (TPSA) is 52.0 Å². The number of aromatic nitrogens is 1. The van der Waals surface area contributed by atoms with E-state index in [1.807, 2.05) is 0 Å². The number of rotatable bonds is 5. The van der Waals surface area contributed by atoms with Gasteiger partial charge in [0.1, 0.15) is 6.26 Å². The highest BCUT2D eigenvalue weighted by Gasteiger charge is 2.01. The van der Waals surface area contributed by atoms with Crippen LogP contribution in [0.15, 0.2) is 10.7 Å². The lowest BCUT2D eigenvalue weighted by molar-refractivity contribution is 0.488. The predicted octanol–water partition coefficient (Wildman–Crippen LogP) is 1.52. The first-order valence-corrected chi connectivity index (χ1v) is 4.50. The van der Waals surface area contributed by atoms with Gasteiger partial charge in [-0.05, 0) is 19.4 Å². The number of nitrogens with two attached hydrogens (primary N) is 1. The van der Waals surface area contributed by atoms with Gasteiger partial charge in [0.2, 0.25) is 0 Å². The Morgan fingerprint density at radius 3 is 3.00 bits per heavy atom. The number of nitrogens with zero attached hydrogens (tertiary/aromatic N) is 1. The Kier molecular flexibility index (Phi) is 3.80. The molecule has 1 aromatic heterocycles. The first kappa shape index (κ1) is 9.26. The monoisotopic (exact) mass is 168 g/mol. The molecule has 1 heterocycles. The molecule has 0 atom stereocenters. The molecule has 0 bridgehead atoms. The molecular formula is C9H16N2O. The standard InChI is InChI=1S/C9H16N2O/c1-2-4-8-7-12-9(11-8)5-3-6-10/h7H,2-6,10H2,1H3. The quantitative estimate of drug-likeness (QED) is 0.725. The zero-order valence-electron chi connectivity index (χ0n) is 7.55. The summed E-state index contributed by atoms with van der Waals surface area (Å²) in [5, 5.41) is 0. The molecule has 3 nitrogen and oxygen atoms in total. The maximum absolute atomic E-state index is 5.37. The molecule has 2 N–H and O–H groups in total. The van der Waals surface area contributed by atoms with Crippen LogP contribution in [0.3, 0.4) is 0 Å². The normalized spacial score (nSPS) is 10.5. The molecule has 0 aliphatic rings. The van der Waals surface area contributed by atoms with E-state index in [9.17, 15) is 0 Å². The van der Waals surface area contributed by atoms with Gasteiger partial charge in [0.15, 0.2) is 5.89 Å². The molecule has 0 amide bonds. The van der Waals surface area contributed by atoms with Gasteiger partial charge >= 0.3 is 0 Å². The predicted molar refractivity (Wildman–Crippen MR) is 47.9 cm³/mol. The van der Waals surface area contributed by atoms with Crippen molar-refractivity contribution in [2.75, 3.05) is 6.54 Å². The van der Waals surface area contributed by atoms with Crippen molar-refractivity contribution in [1.82, 2.24) is 4.98 Å². The van der Waals surface area contributed by atoms with Crippen LogP contribution in [0, 0.1) is 0 Å². The number of aryl methyl sites for hydroxylation is 2. The molecule has 0 radical (unpaired) electrons. The maximum Gasteiger partial charge on any atom is 0.194 e. The molecule has 0 aliphatic carbocycles. The van der Waals surface area contributed by atoms with Crippen molar-refractivity contribution >= 4 is 0 Å². The Morgan fingerprint density at radius 2 is 2.33 bits per heavy atom. The van der Waals surface area contributed by atoms with Crippen molar-refractivity contribution in [2.24, 2.45) is 5.73 Å². The van der Waals surface area contributed by atoms with Gasteiger partial charge in [0.25, 0.3) is 0 Å². The first-order chi connectivity index (χ1) is 5.86. The summed E-state index contributed by atoms with van der Waals surface area (Å²) >= 11 is 0. The van der Waals surface area contributed by atoms with Crippen molar-refractivity contribution in [3.05, 3.63) is 17.8 Å². The largest absolute Gasteiger partial charge is 0.449 e. The van der Waals surface area contributed by atoms with E-state index in [-0.39, 0.29) is 0 Å². The fourth-order valence-electron chi connectivity index (χ4n) is 1.09. The van der Waals surface area contributed by atoms with Gasteiger partial charge in [-0.25, -0.2) is 4.98 Å². The summed E-state index contributed by atoms with van der Waals surface area (Å²) in [6, 6.07) is 0. The average Bonchev–Trinajstić information content (AvgIpc) is 2.50. The van der Waals surface area contributed by atoms with Crippen molar-refractivity contribution in [3.63, 3.8) is 0 Å². The van der Waals surface area contributed by atoms with Gasteiger partial charge < -0.3 is 10.2 Å². The summed E-state index contributed by atoms with van der Waals surface area (Å²) in [5.74, 6) is 0.823. The van der Waals surface area contributed by atoms with Crippen LogP contribution in [-0.4, -0.2) is 11.5 Å². The highest BCUT2D eigenvalue weighted by atomic mass is 16.3. The molecule has 0 saturated heterocycles. The van der Waals surface area contributed by atoms with Crippen molar-refractivity contribution in [2.45, 2.75) is 32.6 Å². The summed E-state index contributed by atoms with van der Waals surface area (Å²) < 4.78 is 5.25. The van der Waals surface area contributed by atoms with E-state index in [4.69, 9.17) is 10.2 Å². The van der Waals surface area contributed by atoms with Gasteiger partial charge in [-0.1, -0.05) is 13.3 Å². The van der Waals surface area contributed by atoms with E-state index in [1.165, 1.54) is 0 Å². The summed E-state index contributed by atoms with van der Waals surface area (Å²) in [5.41, 5.74) is 6.43. The lowest BCUT2D eigenvalue weighted by Gasteiger charge is -1.90. The molecule has 68 valence electrons. The van der Waals surface area contributed by atoms with Gasteiger partial charge in [0, 0.05) is 6.42 Å². The van der Waals surface area contributed by atoms with Gasteiger partial charge in [0.05, 0.1) is 5.69 Å². The van der Waals surface area contributed by atoms with Gasteiger partial charge in [-0.2, -0.15) is 0 Å². The smallest absolute Gasteiger partial charge is 0.194 e. The minimum atomic E-state index is 0.700. The third-order valence-electron chi connectivity index (χ3n) is 1.70. The molecule has 0 aromatic carbocycles. The molecule has 0 saturated carbocycles. The minimum absolute atomic E-state index is 0.700. The second-order valence-electron chi connectivity index (χ2n) is 2.87. The van der Waals surface area contributed by atoms with Crippen molar-refractivity contribution in [3.8, 4) is 0 Å². The van der Waals surface area contributed by atoms with Gasteiger partial charge in [-0.3, -0.25) is 0 Å². The van der Waals surface area contributed by atoms with Crippen molar-refractivity contribution < 1.29 is 4.42 Å². The molecule has 0 fully saturated rings. The van der Waals surface area contributed by atoms with Crippen LogP contribution in [-0.2, 0) is 12.8 Å². The molecule has 0 aliphatic heterocycles. The number of hydrogen-bond acceptors (Lipinski definition) is 3. The zero-order valence-corrected chi connectivity index (χ0v) is 7.55. The van der Waals surface area contributed by atoms with Crippen LogP contribution < -0.4 is 5.73 Å². The molecule has 12 heavy (non-hydrogen) atoms. The van der Waals surface area contributed by atoms with Crippen LogP contribution in [0.1, 0.15) is 31.4 Å². The molecular weight excluding hydrogens is 152 g/mol. The molecule has 0 unspecified atom stereocenters. The zero-order chi connectivity index (χ0) is 8.81. The summed E-state index contributed by atoms with van der Waals surface area (Å²) in [6.07, 6.45) is 5.68. The Bertz CT molecular complexity index is 220. The Labute approximate surface area is 73.0 Å². The van der Waals surface area contributed by atoms with E-state index in [0.29, 0.717) is 6.54 Å². The van der Waals surface area contributed by atoms with Crippen LogP contribution in [0.2, 0.25) is 0 Å². The molecule has 3 heteroatoms. The lowest BCUT2D eigenvalue weighted by Crippen LogP contribution is -2.00. The molecule has 1 rings (SSSR count). The second kappa shape index (κ2) is 4.93. The van der Waals surface area contributed by atoms with Crippen LogP contribution in [0.4, 0.5) is 0 Å². The van der Waals surface area contributed by atoms with E-state index in [2.05, 4.69) is 11.9 Å². The minimum Gasteiger partial charge on any atom is -0.449 e. The van der Waals surface area contributed by atoms with Crippen molar-refractivity contribution in [1.29, 1.82) is 0 Å². The van der Waals surface area contributed by atoms with Crippen LogP contribution >= 0.6 is 0 Å². The Balaban J connectivity index is 2.41. The molecule has 0 spiro atoms.